The molecule has 0 aromatic heterocycles. The molecule has 1 aliphatic heterocycles. The maximum Gasteiger partial charge on any atom is 0.252 e. The average molecular weight is 191 g/mol. The standard InChI is InChI=1S/C11H13NO2/c1-11(7-13)6-8-4-2-3-5-9(8)10(14)12-11/h2-5,13H,6-7H2,1H3,(H,12,14)/t11-/m1/s1. The highest BCUT2D eigenvalue weighted by atomic mass is 16.3. The number of rotatable bonds is 1. The van der Waals surface area contributed by atoms with Gasteiger partial charge in [0, 0.05) is 5.56 Å². The molecule has 0 spiro atoms. The first-order valence-electron chi connectivity index (χ1n) is 4.66. The fourth-order valence-corrected chi connectivity index (χ4v) is 1.80. The Balaban J connectivity index is 2.43. The number of hydrogen-bond acceptors (Lipinski definition) is 2. The Morgan fingerprint density at radius 3 is 2.93 bits per heavy atom. The van der Waals surface area contributed by atoms with Gasteiger partial charge in [-0.3, -0.25) is 4.79 Å². The molecule has 1 heterocycles. The first-order chi connectivity index (χ1) is 6.64. The van der Waals surface area contributed by atoms with Crippen LogP contribution in [0.3, 0.4) is 0 Å². The van der Waals surface area contributed by atoms with Crippen molar-refractivity contribution >= 4 is 5.91 Å². The van der Waals surface area contributed by atoms with Gasteiger partial charge in [0.15, 0.2) is 0 Å². The Morgan fingerprint density at radius 1 is 1.50 bits per heavy atom. The lowest BCUT2D eigenvalue weighted by Gasteiger charge is -2.33. The van der Waals surface area contributed by atoms with Gasteiger partial charge in [0.2, 0.25) is 0 Å². The van der Waals surface area contributed by atoms with Gasteiger partial charge in [-0.05, 0) is 25.0 Å². The molecule has 0 fully saturated rings. The van der Waals surface area contributed by atoms with E-state index in [4.69, 9.17) is 0 Å². The van der Waals surface area contributed by atoms with Crippen molar-refractivity contribution in [3.63, 3.8) is 0 Å². The molecule has 0 aliphatic carbocycles. The fourth-order valence-electron chi connectivity index (χ4n) is 1.80. The van der Waals surface area contributed by atoms with E-state index < -0.39 is 5.54 Å². The molecule has 1 aromatic rings. The monoisotopic (exact) mass is 191 g/mol. The molecule has 1 aliphatic rings. The second-order valence-electron chi connectivity index (χ2n) is 4.01. The van der Waals surface area contributed by atoms with Gasteiger partial charge in [-0.2, -0.15) is 0 Å². The first-order valence-corrected chi connectivity index (χ1v) is 4.66. The molecule has 2 rings (SSSR count). The molecular formula is C11H13NO2. The second-order valence-corrected chi connectivity index (χ2v) is 4.01. The third kappa shape index (κ3) is 1.40. The van der Waals surface area contributed by atoms with Crippen LogP contribution in [0.1, 0.15) is 22.8 Å². The molecule has 1 aromatic carbocycles. The van der Waals surface area contributed by atoms with E-state index in [1.807, 2.05) is 31.2 Å². The van der Waals surface area contributed by atoms with Gasteiger partial charge in [0.25, 0.3) is 5.91 Å². The Kier molecular flexibility index (Phi) is 2.04. The minimum absolute atomic E-state index is 0.0346. The number of nitrogens with one attached hydrogen (secondary N) is 1. The molecule has 3 nitrogen and oxygen atoms in total. The third-order valence-electron chi connectivity index (χ3n) is 2.61. The number of benzene rings is 1. The molecule has 1 atom stereocenters. The van der Waals surface area contributed by atoms with Crippen LogP contribution in [0.5, 0.6) is 0 Å². The van der Waals surface area contributed by atoms with Crippen LogP contribution in [0, 0.1) is 0 Å². The van der Waals surface area contributed by atoms with Gasteiger partial charge in [-0.15, -0.1) is 0 Å². The number of fused-ring (bicyclic) bond motifs is 1. The van der Waals surface area contributed by atoms with Crippen molar-refractivity contribution in [2.45, 2.75) is 18.9 Å². The number of carbonyl (C=O) groups excluding carboxylic acids is 1. The van der Waals surface area contributed by atoms with Crippen LogP contribution in [0.25, 0.3) is 0 Å². The van der Waals surface area contributed by atoms with Gasteiger partial charge >= 0.3 is 0 Å². The van der Waals surface area contributed by atoms with Crippen molar-refractivity contribution in [3.05, 3.63) is 35.4 Å². The zero-order valence-electron chi connectivity index (χ0n) is 8.08. The molecule has 0 bridgehead atoms. The first kappa shape index (κ1) is 9.21. The summed E-state index contributed by atoms with van der Waals surface area (Å²) in [5.74, 6) is -0.0941. The van der Waals surface area contributed by atoms with Crippen molar-refractivity contribution in [3.8, 4) is 0 Å². The van der Waals surface area contributed by atoms with Gasteiger partial charge in [-0.1, -0.05) is 18.2 Å². The average Bonchev–Trinajstić information content (AvgIpc) is 2.18. The Bertz CT molecular complexity index is 375. The predicted octanol–water partition coefficient (Wildman–Crippen LogP) is 0.724. The van der Waals surface area contributed by atoms with E-state index in [1.165, 1.54) is 0 Å². The largest absolute Gasteiger partial charge is 0.394 e. The Morgan fingerprint density at radius 2 is 2.21 bits per heavy atom. The van der Waals surface area contributed by atoms with E-state index in [9.17, 15) is 9.90 Å². The lowest BCUT2D eigenvalue weighted by Crippen LogP contribution is -2.53. The van der Waals surface area contributed by atoms with E-state index in [0.29, 0.717) is 6.42 Å². The molecule has 0 saturated heterocycles. The quantitative estimate of drug-likeness (QED) is 0.687. The minimum atomic E-state index is -0.508. The highest BCUT2D eigenvalue weighted by molar-refractivity contribution is 5.97. The van der Waals surface area contributed by atoms with Crippen LogP contribution in [0.15, 0.2) is 24.3 Å². The van der Waals surface area contributed by atoms with Crippen molar-refractivity contribution in [2.75, 3.05) is 6.61 Å². The van der Waals surface area contributed by atoms with E-state index >= 15 is 0 Å². The van der Waals surface area contributed by atoms with E-state index in [0.717, 1.165) is 11.1 Å². The summed E-state index contributed by atoms with van der Waals surface area (Å²) in [6.07, 6.45) is 0.686. The summed E-state index contributed by atoms with van der Waals surface area (Å²) in [7, 11) is 0. The highest BCUT2D eigenvalue weighted by Crippen LogP contribution is 2.22. The Hall–Kier alpha value is -1.35. The Labute approximate surface area is 82.8 Å². The number of aliphatic hydroxyl groups is 1. The van der Waals surface area contributed by atoms with Crippen LogP contribution in [0.2, 0.25) is 0 Å². The third-order valence-corrected chi connectivity index (χ3v) is 2.61. The van der Waals surface area contributed by atoms with E-state index in [-0.39, 0.29) is 12.5 Å². The van der Waals surface area contributed by atoms with E-state index in [1.54, 1.807) is 0 Å². The lowest BCUT2D eigenvalue weighted by atomic mass is 9.86. The zero-order chi connectivity index (χ0) is 10.2. The molecule has 0 saturated carbocycles. The summed E-state index contributed by atoms with van der Waals surface area (Å²) in [5.41, 5.74) is 1.22. The van der Waals surface area contributed by atoms with Gasteiger partial charge in [-0.25, -0.2) is 0 Å². The molecular weight excluding hydrogens is 178 g/mol. The van der Waals surface area contributed by atoms with Gasteiger partial charge < -0.3 is 10.4 Å². The molecule has 3 heteroatoms. The van der Waals surface area contributed by atoms with Crippen molar-refractivity contribution in [1.29, 1.82) is 0 Å². The summed E-state index contributed by atoms with van der Waals surface area (Å²) in [5, 5.41) is 12.0. The molecule has 2 N–H and O–H groups in total. The second kappa shape index (κ2) is 3.10. The van der Waals surface area contributed by atoms with Crippen LogP contribution in [-0.4, -0.2) is 23.2 Å². The minimum Gasteiger partial charge on any atom is -0.394 e. The SMILES string of the molecule is C[C@]1(CO)Cc2ccccc2C(=O)N1. The molecule has 14 heavy (non-hydrogen) atoms. The van der Waals surface area contributed by atoms with Crippen LogP contribution >= 0.6 is 0 Å². The summed E-state index contributed by atoms with van der Waals surface area (Å²) >= 11 is 0. The van der Waals surface area contributed by atoms with Gasteiger partial charge in [0.1, 0.15) is 0 Å². The maximum absolute atomic E-state index is 11.6. The van der Waals surface area contributed by atoms with Crippen LogP contribution in [0.4, 0.5) is 0 Å². The topological polar surface area (TPSA) is 49.3 Å². The van der Waals surface area contributed by atoms with Crippen LogP contribution in [-0.2, 0) is 6.42 Å². The van der Waals surface area contributed by atoms with Gasteiger partial charge in [0.05, 0.1) is 12.1 Å². The van der Waals surface area contributed by atoms with Crippen molar-refractivity contribution in [2.24, 2.45) is 0 Å². The number of aliphatic hydroxyl groups excluding tert-OH is 1. The van der Waals surface area contributed by atoms with Crippen molar-refractivity contribution < 1.29 is 9.90 Å². The molecule has 0 radical (unpaired) electrons. The van der Waals surface area contributed by atoms with Crippen molar-refractivity contribution in [1.82, 2.24) is 5.32 Å². The summed E-state index contributed by atoms with van der Waals surface area (Å²) in [4.78, 5) is 11.6. The molecule has 1 amide bonds. The lowest BCUT2D eigenvalue weighted by molar-refractivity contribution is 0.0826. The smallest absolute Gasteiger partial charge is 0.252 e. The predicted molar refractivity (Wildman–Crippen MR) is 53.1 cm³/mol. The van der Waals surface area contributed by atoms with Crippen LogP contribution < -0.4 is 5.32 Å². The normalized spacial score (nSPS) is 25.4. The number of hydrogen-bond donors (Lipinski definition) is 2. The summed E-state index contributed by atoms with van der Waals surface area (Å²) < 4.78 is 0. The zero-order valence-corrected chi connectivity index (χ0v) is 8.08. The fraction of sp³-hybridized carbons (Fsp3) is 0.364. The number of carbonyl (C=O) groups is 1. The highest BCUT2D eigenvalue weighted by Gasteiger charge is 2.32. The number of amides is 1. The summed E-state index contributed by atoms with van der Waals surface area (Å²) in [6.45, 7) is 1.81. The maximum atomic E-state index is 11.6. The van der Waals surface area contributed by atoms with E-state index in [2.05, 4.69) is 5.32 Å². The summed E-state index contributed by atoms with van der Waals surface area (Å²) in [6, 6.07) is 7.50. The molecule has 0 unspecified atom stereocenters. The molecule has 74 valence electrons.